The molecule has 0 bridgehead atoms. The van der Waals surface area contributed by atoms with Gasteiger partial charge in [-0.15, -0.1) is 0 Å². The van der Waals surface area contributed by atoms with E-state index in [-0.39, 0.29) is 5.91 Å². The van der Waals surface area contributed by atoms with Crippen molar-refractivity contribution < 1.29 is 4.79 Å². The van der Waals surface area contributed by atoms with Crippen LogP contribution in [0.3, 0.4) is 0 Å². The van der Waals surface area contributed by atoms with E-state index >= 15 is 0 Å². The monoisotopic (exact) mass is 370 g/mol. The SMILES string of the molecule is CC(=O)N(C)c1cc(NCc2c(C)cccc2Cl)c2nc(C)n(C)c2c1. The molecule has 0 aliphatic heterocycles. The van der Waals surface area contributed by atoms with E-state index in [1.807, 2.05) is 55.8 Å². The van der Waals surface area contributed by atoms with E-state index in [0.717, 1.165) is 44.4 Å². The van der Waals surface area contributed by atoms with Gasteiger partial charge in [-0.1, -0.05) is 23.7 Å². The molecule has 0 aliphatic carbocycles. The minimum Gasteiger partial charge on any atom is -0.379 e. The van der Waals surface area contributed by atoms with Crippen LogP contribution in [0, 0.1) is 13.8 Å². The first kappa shape index (κ1) is 18.3. The van der Waals surface area contributed by atoms with Gasteiger partial charge in [-0.25, -0.2) is 4.98 Å². The van der Waals surface area contributed by atoms with E-state index in [4.69, 9.17) is 11.6 Å². The summed E-state index contributed by atoms with van der Waals surface area (Å²) < 4.78 is 2.03. The lowest BCUT2D eigenvalue weighted by atomic mass is 10.1. The molecule has 0 saturated carbocycles. The van der Waals surface area contributed by atoms with Crippen LogP contribution in [0.2, 0.25) is 5.02 Å². The Labute approximate surface area is 158 Å². The van der Waals surface area contributed by atoms with Crippen molar-refractivity contribution >= 4 is 39.9 Å². The van der Waals surface area contributed by atoms with Gasteiger partial charge in [0, 0.05) is 38.3 Å². The van der Waals surface area contributed by atoms with Crippen molar-refractivity contribution in [3.05, 3.63) is 52.3 Å². The van der Waals surface area contributed by atoms with Gasteiger partial charge in [0.1, 0.15) is 11.3 Å². The molecule has 2 aromatic carbocycles. The van der Waals surface area contributed by atoms with Crippen LogP contribution in [0.1, 0.15) is 23.9 Å². The second kappa shape index (κ2) is 7.00. The molecule has 0 saturated heterocycles. The molecule has 6 heteroatoms. The van der Waals surface area contributed by atoms with Crippen LogP contribution in [-0.2, 0) is 18.4 Å². The molecular formula is C20H23ClN4O. The van der Waals surface area contributed by atoms with Crippen LogP contribution < -0.4 is 10.2 Å². The zero-order valence-electron chi connectivity index (χ0n) is 15.7. The maximum Gasteiger partial charge on any atom is 0.223 e. The second-order valence-corrected chi connectivity index (χ2v) is 6.95. The van der Waals surface area contributed by atoms with Gasteiger partial charge in [-0.2, -0.15) is 0 Å². The Hall–Kier alpha value is -2.53. The minimum atomic E-state index is -0.0175. The van der Waals surface area contributed by atoms with E-state index in [0.29, 0.717) is 6.54 Å². The Balaban J connectivity index is 2.06. The minimum absolute atomic E-state index is 0.0175. The van der Waals surface area contributed by atoms with Crippen LogP contribution in [0.25, 0.3) is 11.0 Å². The third-order valence-electron chi connectivity index (χ3n) is 4.86. The number of halogens is 1. The topological polar surface area (TPSA) is 50.2 Å². The molecule has 136 valence electrons. The van der Waals surface area contributed by atoms with E-state index in [2.05, 4.69) is 10.3 Å². The number of aromatic nitrogens is 2. The highest BCUT2D eigenvalue weighted by Crippen LogP contribution is 2.31. The molecule has 0 atom stereocenters. The van der Waals surface area contributed by atoms with Crippen molar-refractivity contribution in [3.8, 4) is 0 Å². The van der Waals surface area contributed by atoms with E-state index in [1.165, 1.54) is 0 Å². The number of aryl methyl sites for hydroxylation is 3. The third-order valence-corrected chi connectivity index (χ3v) is 5.22. The van der Waals surface area contributed by atoms with Crippen LogP contribution >= 0.6 is 11.6 Å². The van der Waals surface area contributed by atoms with Crippen molar-refractivity contribution in [1.29, 1.82) is 0 Å². The Morgan fingerprint density at radius 2 is 2.04 bits per heavy atom. The number of fused-ring (bicyclic) bond motifs is 1. The van der Waals surface area contributed by atoms with Gasteiger partial charge in [0.05, 0.1) is 11.2 Å². The van der Waals surface area contributed by atoms with Crippen molar-refractivity contribution in [3.63, 3.8) is 0 Å². The van der Waals surface area contributed by atoms with Gasteiger partial charge < -0.3 is 14.8 Å². The lowest BCUT2D eigenvalue weighted by molar-refractivity contribution is -0.116. The van der Waals surface area contributed by atoms with Gasteiger partial charge in [0.2, 0.25) is 5.91 Å². The number of carbonyl (C=O) groups excluding carboxylic acids is 1. The average molecular weight is 371 g/mol. The molecule has 1 N–H and O–H groups in total. The number of hydrogen-bond acceptors (Lipinski definition) is 3. The van der Waals surface area contributed by atoms with Crippen LogP contribution in [0.4, 0.5) is 11.4 Å². The summed E-state index contributed by atoms with van der Waals surface area (Å²) in [5.74, 6) is 0.899. The maximum atomic E-state index is 11.8. The molecule has 0 radical (unpaired) electrons. The summed E-state index contributed by atoms with van der Waals surface area (Å²) in [6.45, 7) is 6.15. The van der Waals surface area contributed by atoms with Crippen LogP contribution in [-0.4, -0.2) is 22.5 Å². The fraction of sp³-hybridized carbons (Fsp3) is 0.300. The molecule has 5 nitrogen and oxygen atoms in total. The summed E-state index contributed by atoms with van der Waals surface area (Å²) in [5.41, 5.74) is 5.76. The molecule has 1 amide bonds. The normalized spacial score (nSPS) is 11.0. The molecule has 3 aromatic rings. The summed E-state index contributed by atoms with van der Waals surface area (Å²) in [6.07, 6.45) is 0. The number of imidazole rings is 1. The fourth-order valence-electron chi connectivity index (χ4n) is 2.97. The summed E-state index contributed by atoms with van der Waals surface area (Å²) in [5, 5.41) is 4.20. The lowest BCUT2D eigenvalue weighted by Gasteiger charge is -2.18. The lowest BCUT2D eigenvalue weighted by Crippen LogP contribution is -2.23. The summed E-state index contributed by atoms with van der Waals surface area (Å²) in [6, 6.07) is 9.84. The highest BCUT2D eigenvalue weighted by molar-refractivity contribution is 6.31. The number of rotatable bonds is 4. The zero-order chi connectivity index (χ0) is 19.0. The number of nitrogens with zero attached hydrogens (tertiary/aromatic N) is 3. The number of hydrogen-bond donors (Lipinski definition) is 1. The summed E-state index contributed by atoms with van der Waals surface area (Å²) in [4.78, 5) is 18.1. The first-order valence-corrected chi connectivity index (χ1v) is 8.86. The van der Waals surface area contributed by atoms with Gasteiger partial charge in [0.15, 0.2) is 0 Å². The predicted molar refractivity (Wildman–Crippen MR) is 108 cm³/mol. The first-order valence-electron chi connectivity index (χ1n) is 8.48. The molecule has 0 spiro atoms. The van der Waals surface area contributed by atoms with Gasteiger partial charge >= 0.3 is 0 Å². The Morgan fingerprint density at radius 1 is 1.31 bits per heavy atom. The maximum absolute atomic E-state index is 11.8. The number of amides is 1. The molecule has 1 aromatic heterocycles. The molecular weight excluding hydrogens is 348 g/mol. The Bertz CT molecular complexity index is 973. The molecule has 3 rings (SSSR count). The van der Waals surface area contributed by atoms with E-state index in [1.54, 1.807) is 18.9 Å². The molecule has 0 fully saturated rings. The number of carbonyl (C=O) groups is 1. The molecule has 0 unspecified atom stereocenters. The summed E-state index contributed by atoms with van der Waals surface area (Å²) >= 11 is 6.35. The Morgan fingerprint density at radius 3 is 2.69 bits per heavy atom. The van der Waals surface area contributed by atoms with Crippen molar-refractivity contribution in [1.82, 2.24) is 9.55 Å². The summed E-state index contributed by atoms with van der Waals surface area (Å²) in [7, 11) is 3.75. The Kier molecular flexibility index (Phi) is 4.92. The highest BCUT2D eigenvalue weighted by atomic mass is 35.5. The number of benzene rings is 2. The molecule has 1 heterocycles. The van der Waals surface area contributed by atoms with Crippen LogP contribution in [0.15, 0.2) is 30.3 Å². The number of nitrogens with one attached hydrogen (secondary N) is 1. The number of anilines is 2. The third kappa shape index (κ3) is 3.27. The molecule has 0 aliphatic rings. The van der Waals surface area contributed by atoms with E-state index in [9.17, 15) is 4.79 Å². The highest BCUT2D eigenvalue weighted by Gasteiger charge is 2.15. The molecule has 26 heavy (non-hydrogen) atoms. The first-order chi connectivity index (χ1) is 12.3. The predicted octanol–water partition coefficient (Wildman–Crippen LogP) is 4.44. The van der Waals surface area contributed by atoms with Crippen molar-refractivity contribution in [2.24, 2.45) is 7.05 Å². The average Bonchev–Trinajstić information content (AvgIpc) is 2.88. The largest absolute Gasteiger partial charge is 0.379 e. The van der Waals surface area contributed by atoms with Gasteiger partial charge in [0.25, 0.3) is 0 Å². The van der Waals surface area contributed by atoms with Gasteiger partial charge in [-0.05, 0) is 43.2 Å². The smallest absolute Gasteiger partial charge is 0.223 e. The zero-order valence-corrected chi connectivity index (χ0v) is 16.5. The standard InChI is InChI=1S/C20H23ClN4O/c1-12-7-6-8-17(21)16(12)11-22-18-9-15(25(5)14(3)26)10-19-20(18)23-13(2)24(19)4/h6-10,22H,11H2,1-5H3. The van der Waals surface area contributed by atoms with Crippen LogP contribution in [0.5, 0.6) is 0 Å². The van der Waals surface area contributed by atoms with Crippen molar-refractivity contribution in [2.75, 3.05) is 17.3 Å². The van der Waals surface area contributed by atoms with Gasteiger partial charge in [-0.3, -0.25) is 4.79 Å². The quantitative estimate of drug-likeness (QED) is 0.738. The van der Waals surface area contributed by atoms with E-state index < -0.39 is 0 Å². The second-order valence-electron chi connectivity index (χ2n) is 6.55. The fourth-order valence-corrected chi connectivity index (χ4v) is 3.26. The van der Waals surface area contributed by atoms with Crippen molar-refractivity contribution in [2.45, 2.75) is 27.3 Å².